The second kappa shape index (κ2) is 9.40. The molecule has 2 aromatic heterocycles. The number of benzene rings is 2. The van der Waals surface area contributed by atoms with Crippen molar-refractivity contribution in [1.29, 1.82) is 0 Å². The molecule has 0 aliphatic carbocycles. The number of ether oxygens (including phenoxy) is 1. The highest BCUT2D eigenvalue weighted by Gasteiger charge is 2.12. The Morgan fingerprint density at radius 3 is 2.74 bits per heavy atom. The topological polar surface area (TPSA) is 122 Å². The Morgan fingerprint density at radius 2 is 1.97 bits per heavy atom. The van der Waals surface area contributed by atoms with Crippen molar-refractivity contribution in [3.63, 3.8) is 0 Å². The van der Waals surface area contributed by atoms with Crippen LogP contribution in [0, 0.1) is 0 Å². The van der Waals surface area contributed by atoms with E-state index in [1.165, 1.54) is 23.0 Å². The Kier molecular flexibility index (Phi) is 6.42. The molecule has 158 valence electrons. The van der Waals surface area contributed by atoms with Gasteiger partial charge in [0.25, 0.3) is 5.91 Å². The number of hydrogen-bond donors (Lipinski definition) is 3. The van der Waals surface area contributed by atoms with Crippen LogP contribution in [0.3, 0.4) is 0 Å². The summed E-state index contributed by atoms with van der Waals surface area (Å²) in [5.41, 5.74) is 3.33. The quantitative estimate of drug-likeness (QED) is 0.270. The third-order valence-corrected chi connectivity index (χ3v) is 5.74. The van der Waals surface area contributed by atoms with Gasteiger partial charge in [-0.15, -0.1) is 16.4 Å². The molecule has 0 saturated heterocycles. The number of rotatable bonds is 7. The minimum Gasteiger partial charge on any atom is -0.484 e. The van der Waals surface area contributed by atoms with E-state index >= 15 is 0 Å². The fourth-order valence-corrected chi connectivity index (χ4v) is 4.18. The number of halogens is 2. The summed E-state index contributed by atoms with van der Waals surface area (Å²) >= 11 is 14.0. The average molecular weight is 477 g/mol. The van der Waals surface area contributed by atoms with Gasteiger partial charge in [-0.25, -0.2) is 15.4 Å². The Morgan fingerprint density at radius 1 is 1.16 bits per heavy atom. The third kappa shape index (κ3) is 5.00. The van der Waals surface area contributed by atoms with E-state index in [4.69, 9.17) is 33.1 Å². The van der Waals surface area contributed by atoms with Crippen LogP contribution in [0.15, 0.2) is 42.6 Å². The molecule has 0 saturated carbocycles. The van der Waals surface area contributed by atoms with Crippen LogP contribution in [0.1, 0.15) is 5.01 Å². The fraction of sp³-hybridized carbons (Fsp3) is 0.105. The summed E-state index contributed by atoms with van der Waals surface area (Å²) in [5, 5.41) is 21.3. The molecule has 2 heterocycles. The van der Waals surface area contributed by atoms with Gasteiger partial charge in [0, 0.05) is 11.6 Å². The molecule has 0 aliphatic heterocycles. The van der Waals surface area contributed by atoms with E-state index in [-0.39, 0.29) is 6.61 Å². The molecule has 0 bridgehead atoms. The predicted molar refractivity (Wildman–Crippen MR) is 118 cm³/mol. The van der Waals surface area contributed by atoms with Crippen molar-refractivity contribution in [3.05, 3.63) is 57.6 Å². The minimum absolute atomic E-state index is 0.295. The number of amides is 1. The summed E-state index contributed by atoms with van der Waals surface area (Å²) in [5.74, 6) is 0.140. The van der Waals surface area contributed by atoms with E-state index in [2.05, 4.69) is 25.5 Å². The van der Waals surface area contributed by atoms with Gasteiger partial charge >= 0.3 is 0 Å². The van der Waals surface area contributed by atoms with Gasteiger partial charge in [-0.05, 0) is 24.3 Å². The molecule has 4 aromatic rings. The lowest BCUT2D eigenvalue weighted by molar-refractivity contribution is -0.131. The van der Waals surface area contributed by atoms with Crippen LogP contribution in [0.25, 0.3) is 21.5 Å². The van der Waals surface area contributed by atoms with Crippen LogP contribution in [0.2, 0.25) is 10.0 Å². The summed E-state index contributed by atoms with van der Waals surface area (Å²) in [4.78, 5) is 20.1. The third-order valence-electron chi connectivity index (χ3n) is 4.07. The first-order chi connectivity index (χ1) is 15.0. The number of nitrogens with one attached hydrogen (secondary N) is 2. The molecule has 3 N–H and O–H groups in total. The first-order valence-electron chi connectivity index (χ1n) is 8.86. The Bertz CT molecular complexity index is 1230. The van der Waals surface area contributed by atoms with E-state index in [1.807, 2.05) is 6.07 Å². The standard InChI is InChI=1S/C19H14Cl2N6O3S/c20-11-2-1-3-12(21)18(11)14-7-23-26-19(25-14)22-8-17-24-13-6-10(4-5-15(13)31-17)30-9-16(28)27-29/h1-7,29H,8-9H2,(H,27,28)(H,22,25,26). The van der Waals surface area contributed by atoms with Gasteiger partial charge in [0.05, 0.1) is 38.7 Å². The van der Waals surface area contributed by atoms with Gasteiger partial charge in [0.2, 0.25) is 5.95 Å². The number of nitrogens with zero attached hydrogens (tertiary/aromatic N) is 4. The molecule has 0 unspecified atom stereocenters. The lowest BCUT2D eigenvalue weighted by atomic mass is 10.1. The molecule has 0 fully saturated rings. The van der Waals surface area contributed by atoms with E-state index in [0.717, 1.165) is 15.2 Å². The summed E-state index contributed by atoms with van der Waals surface area (Å²) in [7, 11) is 0. The number of fused-ring (bicyclic) bond motifs is 1. The number of aromatic nitrogens is 4. The Labute approximate surface area is 190 Å². The van der Waals surface area contributed by atoms with E-state index in [9.17, 15) is 4.79 Å². The van der Waals surface area contributed by atoms with Gasteiger partial charge < -0.3 is 10.1 Å². The van der Waals surface area contributed by atoms with Gasteiger partial charge in [-0.3, -0.25) is 10.0 Å². The van der Waals surface area contributed by atoms with E-state index in [0.29, 0.717) is 39.5 Å². The molecule has 0 atom stereocenters. The smallest absolute Gasteiger partial charge is 0.281 e. The number of carbonyl (C=O) groups excluding carboxylic acids is 1. The highest BCUT2D eigenvalue weighted by Crippen LogP contribution is 2.33. The van der Waals surface area contributed by atoms with Gasteiger partial charge in [0.1, 0.15) is 10.8 Å². The van der Waals surface area contributed by atoms with Gasteiger partial charge in [-0.1, -0.05) is 29.3 Å². The molecule has 9 nitrogen and oxygen atoms in total. The van der Waals surface area contributed by atoms with E-state index < -0.39 is 5.91 Å². The predicted octanol–water partition coefficient (Wildman–Crippen LogP) is 3.95. The van der Waals surface area contributed by atoms with Crippen molar-refractivity contribution in [1.82, 2.24) is 25.6 Å². The zero-order valence-electron chi connectivity index (χ0n) is 15.7. The van der Waals surface area contributed by atoms with Crippen molar-refractivity contribution in [2.24, 2.45) is 0 Å². The summed E-state index contributed by atoms with van der Waals surface area (Å²) in [6.45, 7) is 0.0839. The highest BCUT2D eigenvalue weighted by atomic mass is 35.5. The van der Waals surface area contributed by atoms with Crippen LogP contribution in [-0.2, 0) is 11.3 Å². The maximum atomic E-state index is 11.1. The highest BCUT2D eigenvalue weighted by molar-refractivity contribution is 7.18. The van der Waals surface area contributed by atoms with Crippen LogP contribution in [0.4, 0.5) is 5.95 Å². The molecule has 4 rings (SSSR count). The summed E-state index contributed by atoms with van der Waals surface area (Å²) < 4.78 is 6.26. The van der Waals surface area contributed by atoms with Crippen LogP contribution < -0.4 is 15.5 Å². The Balaban J connectivity index is 1.47. The molecule has 1 amide bonds. The number of hydrogen-bond acceptors (Lipinski definition) is 9. The molecule has 0 radical (unpaired) electrons. The monoisotopic (exact) mass is 476 g/mol. The number of anilines is 1. The number of hydroxylamine groups is 1. The SMILES string of the molecule is O=C(COc1ccc2sc(CNc3nncc(-c4c(Cl)cccc4Cl)n3)nc2c1)NO. The Hall–Kier alpha value is -3.05. The zero-order chi connectivity index (χ0) is 21.8. The second-order valence-electron chi connectivity index (χ2n) is 6.18. The van der Waals surface area contributed by atoms with Crippen molar-refractivity contribution in [2.75, 3.05) is 11.9 Å². The van der Waals surface area contributed by atoms with Crippen molar-refractivity contribution in [3.8, 4) is 17.0 Å². The van der Waals surface area contributed by atoms with Crippen LogP contribution in [-0.4, -0.2) is 37.9 Å². The molecule has 2 aromatic carbocycles. The van der Waals surface area contributed by atoms with Crippen LogP contribution >= 0.6 is 34.5 Å². The molecule has 0 spiro atoms. The van der Waals surface area contributed by atoms with E-state index in [1.54, 1.807) is 30.3 Å². The van der Waals surface area contributed by atoms with Gasteiger partial charge in [0.15, 0.2) is 6.61 Å². The average Bonchev–Trinajstić information content (AvgIpc) is 3.18. The van der Waals surface area contributed by atoms with Crippen LogP contribution in [0.5, 0.6) is 5.75 Å². The largest absolute Gasteiger partial charge is 0.484 e. The van der Waals surface area contributed by atoms with Crippen molar-refractivity contribution >= 4 is 56.6 Å². The molecular formula is C19H14Cl2N6O3S. The van der Waals surface area contributed by atoms with Gasteiger partial charge in [-0.2, -0.15) is 5.10 Å². The number of carbonyl (C=O) groups is 1. The maximum absolute atomic E-state index is 11.1. The molecule has 0 aliphatic rings. The minimum atomic E-state index is -0.641. The van der Waals surface area contributed by atoms with Crippen molar-refractivity contribution < 1.29 is 14.7 Å². The normalized spacial score (nSPS) is 10.8. The molecule has 12 heteroatoms. The summed E-state index contributed by atoms with van der Waals surface area (Å²) in [6.07, 6.45) is 1.49. The maximum Gasteiger partial charge on any atom is 0.281 e. The van der Waals surface area contributed by atoms with Crippen molar-refractivity contribution in [2.45, 2.75) is 6.54 Å². The zero-order valence-corrected chi connectivity index (χ0v) is 18.0. The lowest BCUT2D eigenvalue weighted by Gasteiger charge is -2.07. The molecular weight excluding hydrogens is 463 g/mol. The second-order valence-corrected chi connectivity index (χ2v) is 8.11. The summed E-state index contributed by atoms with van der Waals surface area (Å²) in [6, 6.07) is 10.5. The molecule has 31 heavy (non-hydrogen) atoms. The number of thiazole rings is 1. The lowest BCUT2D eigenvalue weighted by Crippen LogP contribution is -2.25. The first-order valence-corrected chi connectivity index (χ1v) is 10.4. The first kappa shape index (κ1) is 21.2. The fourth-order valence-electron chi connectivity index (χ4n) is 2.70.